The highest BCUT2D eigenvalue weighted by Gasteiger charge is 2.31. The van der Waals surface area contributed by atoms with E-state index in [0.29, 0.717) is 22.6 Å². The van der Waals surface area contributed by atoms with Crippen LogP contribution in [0.4, 0.5) is 24.7 Å². The molecule has 3 aromatic carbocycles. The number of carbonyl (C=O) groups excluding carboxylic acids is 2. The van der Waals surface area contributed by atoms with E-state index in [1.165, 1.54) is 6.07 Å². The summed E-state index contributed by atoms with van der Waals surface area (Å²) in [7, 11) is 0. The summed E-state index contributed by atoms with van der Waals surface area (Å²) in [5.41, 5.74) is 0.742. The van der Waals surface area contributed by atoms with Crippen LogP contribution >= 0.6 is 24.0 Å². The van der Waals surface area contributed by atoms with Crippen molar-refractivity contribution in [2.75, 3.05) is 23.3 Å². The average Bonchev–Trinajstić information content (AvgIpc) is 2.90. The third kappa shape index (κ3) is 7.19. The third-order valence-electron chi connectivity index (χ3n) is 6.95. The van der Waals surface area contributed by atoms with Gasteiger partial charge in [-0.15, -0.1) is 12.4 Å². The first-order chi connectivity index (χ1) is 19.8. The minimum absolute atomic E-state index is 0. The molecule has 0 aliphatic carbocycles. The fraction of sp³-hybridized carbons (Fsp3) is 0.290. The van der Waals surface area contributed by atoms with E-state index in [1.807, 2.05) is 25.7 Å². The maximum atomic E-state index is 13.4. The standard InChI is InChI=1S/C31H29ClF3N5O2.ClH/c1-30(2,3)29(42)36-17-18-8-11-24(32)23(14-18)28(41)37-21-9-10-22-25(16-21)38-26(39-27(22)40-12-5-13-40)19-6-4-7-20(15-19)31(33,34)35;/h4,6-11,14-16H,5,12-13,17H2,1-3H3,(H,36,42)(H,37,41);1H. The van der Waals surface area contributed by atoms with Gasteiger partial charge >= 0.3 is 6.18 Å². The van der Waals surface area contributed by atoms with Crippen LogP contribution in [0.15, 0.2) is 60.7 Å². The minimum Gasteiger partial charge on any atom is -0.356 e. The molecule has 0 bridgehead atoms. The number of anilines is 2. The predicted molar refractivity (Wildman–Crippen MR) is 165 cm³/mol. The summed E-state index contributed by atoms with van der Waals surface area (Å²) in [4.78, 5) is 36.8. The first-order valence-electron chi connectivity index (χ1n) is 13.4. The summed E-state index contributed by atoms with van der Waals surface area (Å²) in [6.07, 6.45) is -3.51. The van der Waals surface area contributed by atoms with E-state index in [-0.39, 0.29) is 46.8 Å². The van der Waals surface area contributed by atoms with Gasteiger partial charge in [0, 0.05) is 41.7 Å². The van der Waals surface area contributed by atoms with Crippen LogP contribution in [-0.2, 0) is 17.5 Å². The molecule has 0 atom stereocenters. The van der Waals surface area contributed by atoms with E-state index in [1.54, 1.807) is 42.5 Å². The second-order valence-electron chi connectivity index (χ2n) is 11.2. The van der Waals surface area contributed by atoms with Crippen molar-refractivity contribution in [3.8, 4) is 11.4 Å². The number of amides is 2. The summed E-state index contributed by atoms with van der Waals surface area (Å²) in [5.74, 6) is 0.207. The molecule has 0 spiro atoms. The molecule has 43 heavy (non-hydrogen) atoms. The molecule has 1 aliphatic rings. The highest BCUT2D eigenvalue weighted by Crippen LogP contribution is 2.35. The number of hydrogen-bond donors (Lipinski definition) is 2. The fourth-order valence-corrected chi connectivity index (χ4v) is 4.63. The maximum Gasteiger partial charge on any atom is 0.416 e. The maximum absolute atomic E-state index is 13.4. The average molecular weight is 633 g/mol. The van der Waals surface area contributed by atoms with Gasteiger partial charge < -0.3 is 15.5 Å². The lowest BCUT2D eigenvalue weighted by Crippen LogP contribution is -2.37. The van der Waals surface area contributed by atoms with Gasteiger partial charge in [0.05, 0.1) is 21.7 Å². The monoisotopic (exact) mass is 631 g/mol. The lowest BCUT2D eigenvalue weighted by Gasteiger charge is -2.33. The normalized spacial score (nSPS) is 13.2. The van der Waals surface area contributed by atoms with E-state index < -0.39 is 23.1 Å². The lowest BCUT2D eigenvalue weighted by molar-refractivity contribution is -0.137. The Morgan fingerprint density at radius 1 is 0.977 bits per heavy atom. The van der Waals surface area contributed by atoms with Crippen molar-refractivity contribution in [2.45, 2.75) is 39.9 Å². The Morgan fingerprint density at radius 2 is 1.72 bits per heavy atom. The van der Waals surface area contributed by atoms with E-state index in [0.717, 1.165) is 37.0 Å². The molecule has 1 aliphatic heterocycles. The van der Waals surface area contributed by atoms with Crippen molar-refractivity contribution in [1.29, 1.82) is 0 Å². The van der Waals surface area contributed by atoms with Crippen LogP contribution in [0.1, 0.15) is 48.7 Å². The molecule has 7 nitrogen and oxygen atoms in total. The van der Waals surface area contributed by atoms with Crippen LogP contribution in [0.3, 0.4) is 0 Å². The molecule has 1 aromatic heterocycles. The zero-order valence-corrected chi connectivity index (χ0v) is 25.3. The van der Waals surface area contributed by atoms with Crippen LogP contribution in [0.5, 0.6) is 0 Å². The Labute approximate surface area is 258 Å². The van der Waals surface area contributed by atoms with Crippen LogP contribution in [0, 0.1) is 5.41 Å². The summed E-state index contributed by atoms with van der Waals surface area (Å²) in [5, 5.41) is 6.66. The topological polar surface area (TPSA) is 87.2 Å². The first kappa shape index (κ1) is 32.0. The second kappa shape index (κ2) is 12.4. The molecule has 2 heterocycles. The summed E-state index contributed by atoms with van der Waals surface area (Å²) in [6, 6.07) is 15.0. The first-order valence-corrected chi connectivity index (χ1v) is 13.8. The number of aromatic nitrogens is 2. The second-order valence-corrected chi connectivity index (χ2v) is 11.6. The summed E-state index contributed by atoms with van der Waals surface area (Å²) >= 11 is 6.34. The van der Waals surface area contributed by atoms with Gasteiger partial charge in [-0.05, 0) is 54.4 Å². The number of nitrogens with one attached hydrogen (secondary N) is 2. The highest BCUT2D eigenvalue weighted by atomic mass is 35.5. The zero-order valence-electron chi connectivity index (χ0n) is 23.7. The molecular formula is C31H30Cl2F3N5O2. The van der Waals surface area contributed by atoms with Crippen LogP contribution in [0.25, 0.3) is 22.3 Å². The Kier molecular flexibility index (Phi) is 9.22. The molecule has 2 amide bonds. The molecule has 4 aromatic rings. The van der Waals surface area contributed by atoms with Gasteiger partial charge in [-0.25, -0.2) is 9.97 Å². The zero-order chi connectivity index (χ0) is 30.2. The van der Waals surface area contributed by atoms with Crippen molar-refractivity contribution < 1.29 is 22.8 Å². The van der Waals surface area contributed by atoms with Gasteiger partial charge in [0.1, 0.15) is 5.82 Å². The molecular weight excluding hydrogens is 602 g/mol. The number of carbonyl (C=O) groups is 2. The number of benzene rings is 3. The Balaban J connectivity index is 0.00000423. The molecule has 226 valence electrons. The van der Waals surface area contributed by atoms with Crippen molar-refractivity contribution in [1.82, 2.24) is 15.3 Å². The molecule has 2 N–H and O–H groups in total. The van der Waals surface area contributed by atoms with Gasteiger partial charge in [0.2, 0.25) is 5.91 Å². The Morgan fingerprint density at radius 3 is 2.37 bits per heavy atom. The fourth-order valence-electron chi connectivity index (χ4n) is 4.43. The number of rotatable bonds is 6. The minimum atomic E-state index is -4.50. The van der Waals surface area contributed by atoms with Crippen molar-refractivity contribution in [2.24, 2.45) is 5.41 Å². The van der Waals surface area contributed by atoms with Crippen LogP contribution in [-0.4, -0.2) is 34.9 Å². The van der Waals surface area contributed by atoms with Gasteiger partial charge in [-0.3, -0.25) is 9.59 Å². The van der Waals surface area contributed by atoms with Gasteiger partial charge in [-0.1, -0.05) is 50.6 Å². The summed E-state index contributed by atoms with van der Waals surface area (Å²) < 4.78 is 40.2. The Hall–Kier alpha value is -3.89. The van der Waals surface area contributed by atoms with Gasteiger partial charge in [0.15, 0.2) is 5.82 Å². The van der Waals surface area contributed by atoms with Gasteiger partial charge in [-0.2, -0.15) is 13.2 Å². The highest BCUT2D eigenvalue weighted by molar-refractivity contribution is 6.34. The summed E-state index contributed by atoms with van der Waals surface area (Å²) in [6.45, 7) is 7.22. The van der Waals surface area contributed by atoms with E-state index in [4.69, 9.17) is 11.6 Å². The largest absolute Gasteiger partial charge is 0.416 e. The number of halogens is 5. The molecule has 12 heteroatoms. The SMILES string of the molecule is CC(C)(C)C(=O)NCc1ccc(Cl)c(C(=O)Nc2ccc3c(N4CCC4)nc(-c4cccc(C(F)(F)F)c4)nc3c2)c1.Cl. The van der Waals surface area contributed by atoms with Crippen molar-refractivity contribution >= 4 is 58.2 Å². The number of hydrogen-bond acceptors (Lipinski definition) is 5. The smallest absolute Gasteiger partial charge is 0.356 e. The third-order valence-corrected chi connectivity index (χ3v) is 7.28. The van der Waals surface area contributed by atoms with Crippen LogP contribution < -0.4 is 15.5 Å². The molecule has 0 radical (unpaired) electrons. The van der Waals surface area contributed by atoms with E-state index >= 15 is 0 Å². The Bertz CT molecular complexity index is 1680. The predicted octanol–water partition coefficient (Wildman–Crippen LogP) is 7.52. The number of alkyl halides is 3. The number of fused-ring (bicyclic) bond motifs is 1. The van der Waals surface area contributed by atoms with E-state index in [9.17, 15) is 22.8 Å². The molecule has 0 unspecified atom stereocenters. The quantitative estimate of drug-likeness (QED) is 0.230. The molecule has 5 rings (SSSR count). The molecule has 0 saturated carbocycles. The molecule has 1 saturated heterocycles. The number of nitrogens with zero attached hydrogens (tertiary/aromatic N) is 3. The molecule has 1 fully saturated rings. The van der Waals surface area contributed by atoms with E-state index in [2.05, 4.69) is 20.6 Å². The van der Waals surface area contributed by atoms with Gasteiger partial charge in [0.25, 0.3) is 5.91 Å². The van der Waals surface area contributed by atoms with Crippen molar-refractivity contribution in [3.05, 3.63) is 82.4 Å². The lowest BCUT2D eigenvalue weighted by atomic mass is 9.95. The van der Waals surface area contributed by atoms with Crippen LogP contribution in [0.2, 0.25) is 5.02 Å². The van der Waals surface area contributed by atoms with Crippen molar-refractivity contribution in [3.63, 3.8) is 0 Å².